The number of aromatic nitrogens is 4. The molecule has 1 N–H and O–H groups in total. The van der Waals surface area contributed by atoms with E-state index in [4.69, 9.17) is 9.15 Å². The molecule has 30 heavy (non-hydrogen) atoms. The number of amides is 1. The molecule has 0 aliphatic carbocycles. The maximum atomic E-state index is 14.1. The van der Waals surface area contributed by atoms with Crippen molar-refractivity contribution >= 4 is 11.6 Å². The lowest BCUT2D eigenvalue weighted by atomic mass is 10.2. The summed E-state index contributed by atoms with van der Waals surface area (Å²) in [7, 11) is 0. The summed E-state index contributed by atoms with van der Waals surface area (Å²) in [6, 6.07) is 12.7. The Balaban J connectivity index is 1.43. The molecule has 2 heterocycles. The number of aryl methyl sites for hydroxylation is 1. The van der Waals surface area contributed by atoms with Gasteiger partial charge in [0.25, 0.3) is 5.91 Å². The van der Waals surface area contributed by atoms with Gasteiger partial charge in [-0.3, -0.25) is 4.79 Å². The number of carbonyl (C=O) groups excluding carboxylic acids is 1. The van der Waals surface area contributed by atoms with Gasteiger partial charge in [-0.25, -0.2) is 8.78 Å². The summed E-state index contributed by atoms with van der Waals surface area (Å²) < 4.78 is 39.3. The summed E-state index contributed by atoms with van der Waals surface area (Å²) in [5.74, 6) is -0.0929. The summed E-state index contributed by atoms with van der Waals surface area (Å²) in [5.41, 5.74) is 0.440. The van der Waals surface area contributed by atoms with Crippen molar-refractivity contribution in [3.8, 4) is 11.4 Å². The van der Waals surface area contributed by atoms with Gasteiger partial charge < -0.3 is 14.5 Å². The van der Waals surface area contributed by atoms with Gasteiger partial charge in [0, 0.05) is 5.69 Å². The molecule has 0 saturated heterocycles. The topological polar surface area (TPSA) is 95.1 Å². The quantitative estimate of drug-likeness (QED) is 0.520. The van der Waals surface area contributed by atoms with Crippen molar-refractivity contribution in [2.45, 2.75) is 13.5 Å². The molecule has 152 valence electrons. The van der Waals surface area contributed by atoms with Gasteiger partial charge in [-0.1, -0.05) is 0 Å². The standard InChI is InChI=1S/C20H15F2N5O3/c1-12-24-25-26-27(12)18-10-14(4-8-17(18)22)23-20(28)19-9-7-16(30-19)11-29-15-5-2-13(21)3-6-15/h2-10H,11H2,1H3,(H,23,28). The molecule has 0 radical (unpaired) electrons. The maximum Gasteiger partial charge on any atom is 0.291 e. The smallest absolute Gasteiger partial charge is 0.291 e. The Labute approximate surface area is 169 Å². The van der Waals surface area contributed by atoms with E-state index in [2.05, 4.69) is 20.8 Å². The van der Waals surface area contributed by atoms with Crippen molar-refractivity contribution < 1.29 is 22.7 Å². The normalized spacial score (nSPS) is 10.8. The molecular weight excluding hydrogens is 396 g/mol. The predicted octanol–water partition coefficient (Wildman–Crippen LogP) is 3.67. The van der Waals surface area contributed by atoms with Crippen molar-refractivity contribution in [3.05, 3.63) is 83.6 Å². The van der Waals surface area contributed by atoms with Crippen LogP contribution in [0.25, 0.3) is 5.69 Å². The molecule has 10 heteroatoms. The third-order valence-electron chi connectivity index (χ3n) is 4.14. The van der Waals surface area contributed by atoms with Gasteiger partial charge in [-0.15, -0.1) is 5.10 Å². The monoisotopic (exact) mass is 411 g/mol. The molecule has 0 fully saturated rings. The summed E-state index contributed by atoms with van der Waals surface area (Å²) in [6.45, 7) is 1.70. The Bertz CT molecular complexity index is 1190. The van der Waals surface area contributed by atoms with Crippen LogP contribution in [-0.2, 0) is 6.61 Å². The number of hydrogen-bond acceptors (Lipinski definition) is 6. The van der Waals surface area contributed by atoms with Crippen LogP contribution < -0.4 is 10.1 Å². The van der Waals surface area contributed by atoms with Crippen molar-refractivity contribution in [2.24, 2.45) is 0 Å². The first-order valence-electron chi connectivity index (χ1n) is 8.83. The number of rotatable bonds is 6. The van der Waals surface area contributed by atoms with Crippen LogP contribution in [-0.4, -0.2) is 26.1 Å². The molecule has 0 aliphatic rings. The van der Waals surface area contributed by atoms with Gasteiger partial charge >= 0.3 is 0 Å². The first kappa shape index (κ1) is 19.2. The van der Waals surface area contributed by atoms with Gasteiger partial charge in [0.1, 0.15) is 35.4 Å². The zero-order chi connectivity index (χ0) is 21.1. The highest BCUT2D eigenvalue weighted by Gasteiger charge is 2.15. The maximum absolute atomic E-state index is 14.1. The average Bonchev–Trinajstić information content (AvgIpc) is 3.38. The van der Waals surface area contributed by atoms with Gasteiger partial charge in [0.2, 0.25) is 0 Å². The van der Waals surface area contributed by atoms with Crippen molar-refractivity contribution in [1.82, 2.24) is 20.2 Å². The fourth-order valence-electron chi connectivity index (χ4n) is 2.66. The first-order valence-corrected chi connectivity index (χ1v) is 8.83. The number of hydrogen-bond donors (Lipinski definition) is 1. The second-order valence-corrected chi connectivity index (χ2v) is 6.27. The molecule has 4 aromatic rings. The minimum atomic E-state index is -0.540. The fourth-order valence-corrected chi connectivity index (χ4v) is 2.66. The Morgan fingerprint density at radius 3 is 2.67 bits per heavy atom. The highest BCUT2D eigenvalue weighted by Crippen LogP contribution is 2.20. The molecule has 8 nitrogen and oxygen atoms in total. The van der Waals surface area contributed by atoms with Gasteiger partial charge in [-0.05, 0) is 71.9 Å². The summed E-state index contributed by atoms with van der Waals surface area (Å²) in [6.07, 6.45) is 0. The van der Waals surface area contributed by atoms with Crippen LogP contribution in [0.15, 0.2) is 59.0 Å². The number of anilines is 1. The van der Waals surface area contributed by atoms with E-state index in [1.165, 1.54) is 53.2 Å². The van der Waals surface area contributed by atoms with E-state index in [-0.39, 0.29) is 23.9 Å². The zero-order valence-corrected chi connectivity index (χ0v) is 15.7. The third kappa shape index (κ3) is 4.17. The van der Waals surface area contributed by atoms with E-state index < -0.39 is 11.7 Å². The summed E-state index contributed by atoms with van der Waals surface area (Å²) in [5, 5.41) is 13.6. The number of furan rings is 1. The SMILES string of the molecule is Cc1nnnn1-c1cc(NC(=O)c2ccc(COc3ccc(F)cc3)o2)ccc1F. The minimum Gasteiger partial charge on any atom is -0.486 e. The van der Waals surface area contributed by atoms with E-state index in [1.54, 1.807) is 13.0 Å². The van der Waals surface area contributed by atoms with Crippen LogP contribution >= 0.6 is 0 Å². The Morgan fingerprint density at radius 2 is 1.93 bits per heavy atom. The number of tetrazole rings is 1. The molecule has 0 saturated carbocycles. The zero-order valence-electron chi connectivity index (χ0n) is 15.7. The van der Waals surface area contributed by atoms with Crippen LogP contribution in [0.1, 0.15) is 22.1 Å². The molecule has 4 rings (SSSR count). The number of carbonyl (C=O) groups is 1. The number of nitrogens with zero attached hydrogens (tertiary/aromatic N) is 4. The van der Waals surface area contributed by atoms with E-state index in [1.807, 2.05) is 0 Å². The van der Waals surface area contributed by atoms with Crippen molar-refractivity contribution in [1.29, 1.82) is 0 Å². The Kier molecular flexibility index (Phi) is 5.21. The van der Waals surface area contributed by atoms with Gasteiger partial charge in [0.15, 0.2) is 11.6 Å². The van der Waals surface area contributed by atoms with Crippen LogP contribution in [0.5, 0.6) is 5.75 Å². The molecular formula is C20H15F2N5O3. The molecule has 0 spiro atoms. The third-order valence-corrected chi connectivity index (χ3v) is 4.14. The molecule has 1 amide bonds. The second kappa shape index (κ2) is 8.11. The van der Waals surface area contributed by atoms with E-state index in [0.29, 0.717) is 23.0 Å². The fraction of sp³-hybridized carbons (Fsp3) is 0.100. The summed E-state index contributed by atoms with van der Waals surface area (Å²) >= 11 is 0. The van der Waals surface area contributed by atoms with Crippen LogP contribution in [0.4, 0.5) is 14.5 Å². The number of halogens is 2. The molecule has 0 unspecified atom stereocenters. The average molecular weight is 411 g/mol. The van der Waals surface area contributed by atoms with Crippen LogP contribution in [0.2, 0.25) is 0 Å². The molecule has 0 bridgehead atoms. The number of benzene rings is 2. The Hall–Kier alpha value is -4.08. The van der Waals surface area contributed by atoms with E-state index in [9.17, 15) is 13.6 Å². The highest BCUT2D eigenvalue weighted by molar-refractivity contribution is 6.02. The second-order valence-electron chi connectivity index (χ2n) is 6.27. The largest absolute Gasteiger partial charge is 0.486 e. The minimum absolute atomic E-state index is 0.0529. The molecule has 0 aliphatic heterocycles. The molecule has 2 aromatic heterocycles. The lowest BCUT2D eigenvalue weighted by Gasteiger charge is -2.08. The van der Waals surface area contributed by atoms with Crippen LogP contribution in [0, 0.1) is 18.6 Å². The number of ether oxygens (including phenoxy) is 1. The summed E-state index contributed by atoms with van der Waals surface area (Å²) in [4.78, 5) is 12.5. The first-order chi connectivity index (χ1) is 14.5. The Morgan fingerprint density at radius 1 is 1.13 bits per heavy atom. The van der Waals surface area contributed by atoms with Crippen molar-refractivity contribution in [3.63, 3.8) is 0 Å². The molecule has 0 atom stereocenters. The van der Waals surface area contributed by atoms with Crippen molar-refractivity contribution in [2.75, 3.05) is 5.32 Å². The lowest BCUT2D eigenvalue weighted by Crippen LogP contribution is -2.12. The van der Waals surface area contributed by atoms with Crippen LogP contribution in [0.3, 0.4) is 0 Å². The van der Waals surface area contributed by atoms with Gasteiger partial charge in [0.05, 0.1) is 0 Å². The van der Waals surface area contributed by atoms with E-state index in [0.717, 1.165) is 0 Å². The van der Waals surface area contributed by atoms with Gasteiger partial charge in [-0.2, -0.15) is 4.68 Å². The lowest BCUT2D eigenvalue weighted by molar-refractivity contribution is 0.0992. The molecule has 2 aromatic carbocycles. The highest BCUT2D eigenvalue weighted by atomic mass is 19.1. The predicted molar refractivity (Wildman–Crippen MR) is 101 cm³/mol. The van der Waals surface area contributed by atoms with E-state index >= 15 is 0 Å². The number of nitrogens with one attached hydrogen (secondary N) is 1.